The fourth-order valence-electron chi connectivity index (χ4n) is 2.31. The average molecular weight is 348 g/mol. The maximum absolute atomic E-state index is 11.0. The molecule has 0 aliphatic carbocycles. The smallest absolute Gasteiger partial charge is 0.341 e. The molecule has 2 rings (SSSR count). The van der Waals surface area contributed by atoms with E-state index >= 15 is 0 Å². The summed E-state index contributed by atoms with van der Waals surface area (Å²) in [6.45, 7) is 3.27. The van der Waals surface area contributed by atoms with Crippen LogP contribution in [0.2, 0.25) is 0 Å². The van der Waals surface area contributed by atoms with Crippen molar-refractivity contribution < 1.29 is 19.4 Å². The first kappa shape index (κ1) is 17.9. The largest absolute Gasteiger partial charge is 0.482 e. The molecule has 128 valence electrons. The van der Waals surface area contributed by atoms with Gasteiger partial charge in [-0.15, -0.1) is 11.3 Å². The van der Waals surface area contributed by atoms with Crippen LogP contribution < -0.4 is 10.1 Å². The van der Waals surface area contributed by atoms with E-state index < -0.39 is 5.97 Å². The third-order valence-electron chi connectivity index (χ3n) is 3.26. The van der Waals surface area contributed by atoms with Crippen LogP contribution in [0.15, 0.2) is 29.6 Å². The zero-order chi connectivity index (χ0) is 17.5. The number of aliphatic carboxylic acids is 1. The zero-order valence-corrected chi connectivity index (χ0v) is 14.4. The number of nitrogens with zero attached hydrogens (tertiary/aromatic N) is 1. The van der Waals surface area contributed by atoms with Gasteiger partial charge in [-0.3, -0.25) is 4.79 Å². The fourth-order valence-corrected chi connectivity index (χ4v) is 3.08. The number of anilines is 1. The van der Waals surface area contributed by atoms with Crippen LogP contribution in [-0.4, -0.2) is 28.6 Å². The van der Waals surface area contributed by atoms with Gasteiger partial charge >= 0.3 is 5.97 Å². The van der Waals surface area contributed by atoms with Crippen molar-refractivity contribution in [2.45, 2.75) is 26.7 Å². The van der Waals surface area contributed by atoms with Crippen LogP contribution in [0.4, 0.5) is 5.13 Å². The lowest BCUT2D eigenvalue weighted by Crippen LogP contribution is -2.09. The van der Waals surface area contributed by atoms with Crippen LogP contribution in [-0.2, 0) is 22.4 Å². The van der Waals surface area contributed by atoms with E-state index in [1.54, 1.807) is 12.1 Å². The number of carbonyl (C=O) groups excluding carboxylic acids is 1. The molecule has 0 unspecified atom stereocenters. The van der Waals surface area contributed by atoms with Gasteiger partial charge in [0.25, 0.3) is 0 Å². The summed E-state index contributed by atoms with van der Waals surface area (Å²) in [5, 5.41) is 13.9. The Balaban J connectivity index is 1.85. The summed E-state index contributed by atoms with van der Waals surface area (Å²) in [6.07, 6.45) is 1.71. The van der Waals surface area contributed by atoms with Gasteiger partial charge in [0, 0.05) is 12.3 Å². The van der Waals surface area contributed by atoms with Crippen LogP contribution in [0.5, 0.6) is 5.75 Å². The normalized spacial score (nSPS) is 11.8. The second kappa shape index (κ2) is 8.44. The summed E-state index contributed by atoms with van der Waals surface area (Å²) in [6, 6.07) is 7.44. The number of ether oxygens (including phenoxy) is 1. The molecular formula is C17H20N2O4S. The molecule has 1 heterocycles. The molecule has 24 heavy (non-hydrogen) atoms. The first-order valence-corrected chi connectivity index (χ1v) is 8.46. The second-order valence-electron chi connectivity index (χ2n) is 5.66. The number of carboxylic acids is 1. The van der Waals surface area contributed by atoms with Crippen molar-refractivity contribution in [3.63, 3.8) is 0 Å². The highest BCUT2D eigenvalue weighted by Crippen LogP contribution is 2.21. The van der Waals surface area contributed by atoms with Gasteiger partial charge < -0.3 is 15.2 Å². The van der Waals surface area contributed by atoms with Gasteiger partial charge in [-0.05, 0) is 36.5 Å². The SMILES string of the molecule is CC(=O)Nc1nc(C[C@@H](C)Cc2ccc(OCC(=O)O)cc2)cs1. The monoisotopic (exact) mass is 348 g/mol. The Morgan fingerprint density at radius 2 is 2.00 bits per heavy atom. The van der Waals surface area contributed by atoms with E-state index in [9.17, 15) is 9.59 Å². The standard InChI is InChI=1S/C17H20N2O4S/c1-11(8-14-10-24-17(19-14)18-12(2)20)7-13-3-5-15(6-4-13)23-9-16(21)22/h3-6,10-11H,7-9H2,1-2H3,(H,21,22)(H,18,19,20)/t11-/m0/s1. The summed E-state index contributed by atoms with van der Waals surface area (Å²) in [5.74, 6) is -0.167. The number of rotatable bonds is 8. The molecule has 1 amide bonds. The number of hydrogen-bond donors (Lipinski definition) is 2. The molecule has 0 saturated heterocycles. The lowest BCUT2D eigenvalue weighted by atomic mass is 9.97. The summed E-state index contributed by atoms with van der Waals surface area (Å²) < 4.78 is 5.11. The Bertz CT molecular complexity index is 697. The van der Waals surface area contributed by atoms with Crippen molar-refractivity contribution in [3.05, 3.63) is 40.9 Å². The van der Waals surface area contributed by atoms with E-state index in [4.69, 9.17) is 9.84 Å². The molecular weight excluding hydrogens is 328 g/mol. The molecule has 0 bridgehead atoms. The van der Waals surface area contributed by atoms with Gasteiger partial charge in [0.1, 0.15) is 5.75 Å². The average Bonchev–Trinajstić information content (AvgIpc) is 2.92. The van der Waals surface area contributed by atoms with Crippen LogP contribution in [0, 0.1) is 5.92 Å². The van der Waals surface area contributed by atoms with Crippen LogP contribution >= 0.6 is 11.3 Å². The van der Waals surface area contributed by atoms with Crippen molar-refractivity contribution in [3.8, 4) is 5.75 Å². The molecule has 0 radical (unpaired) electrons. The third kappa shape index (κ3) is 6.00. The van der Waals surface area contributed by atoms with Gasteiger partial charge in [-0.1, -0.05) is 19.1 Å². The number of thiazole rings is 1. The number of carboxylic acid groups (broad SMARTS) is 1. The highest BCUT2D eigenvalue weighted by molar-refractivity contribution is 7.13. The van der Waals surface area contributed by atoms with Crippen LogP contribution in [0.1, 0.15) is 25.1 Å². The van der Waals surface area contributed by atoms with E-state index in [1.165, 1.54) is 18.3 Å². The maximum atomic E-state index is 11.0. The quantitative estimate of drug-likeness (QED) is 0.765. The molecule has 0 spiro atoms. The van der Waals surface area contributed by atoms with E-state index in [0.29, 0.717) is 16.8 Å². The molecule has 0 aliphatic rings. The Morgan fingerprint density at radius 1 is 1.29 bits per heavy atom. The number of hydrogen-bond acceptors (Lipinski definition) is 5. The lowest BCUT2D eigenvalue weighted by Gasteiger charge is -2.10. The highest BCUT2D eigenvalue weighted by Gasteiger charge is 2.10. The highest BCUT2D eigenvalue weighted by atomic mass is 32.1. The van der Waals surface area contributed by atoms with Crippen molar-refractivity contribution in [1.29, 1.82) is 0 Å². The Kier molecular flexibility index (Phi) is 6.31. The first-order chi connectivity index (χ1) is 11.4. The predicted octanol–water partition coefficient (Wildman–Crippen LogP) is 2.99. The van der Waals surface area contributed by atoms with Gasteiger partial charge in [-0.25, -0.2) is 9.78 Å². The summed E-state index contributed by atoms with van der Waals surface area (Å²) in [7, 11) is 0. The van der Waals surface area contributed by atoms with Gasteiger partial charge in [0.2, 0.25) is 5.91 Å². The van der Waals surface area contributed by atoms with Gasteiger partial charge in [0.15, 0.2) is 11.7 Å². The second-order valence-corrected chi connectivity index (χ2v) is 6.52. The summed E-state index contributed by atoms with van der Waals surface area (Å²) >= 11 is 1.43. The van der Waals surface area contributed by atoms with E-state index in [1.807, 2.05) is 17.5 Å². The Hall–Kier alpha value is -2.41. The van der Waals surface area contributed by atoms with Crippen molar-refractivity contribution >= 4 is 28.3 Å². The van der Waals surface area contributed by atoms with E-state index in [-0.39, 0.29) is 12.5 Å². The first-order valence-electron chi connectivity index (χ1n) is 7.58. The van der Waals surface area contributed by atoms with E-state index in [2.05, 4.69) is 17.2 Å². The Morgan fingerprint density at radius 3 is 2.62 bits per heavy atom. The number of aromatic nitrogens is 1. The predicted molar refractivity (Wildman–Crippen MR) is 92.6 cm³/mol. The van der Waals surface area contributed by atoms with Gasteiger partial charge in [-0.2, -0.15) is 0 Å². The maximum Gasteiger partial charge on any atom is 0.341 e. The molecule has 6 nitrogen and oxygen atoms in total. The topological polar surface area (TPSA) is 88.5 Å². The van der Waals surface area contributed by atoms with Gasteiger partial charge in [0.05, 0.1) is 5.69 Å². The number of benzene rings is 1. The number of carbonyl (C=O) groups is 2. The molecule has 0 saturated carbocycles. The molecule has 7 heteroatoms. The summed E-state index contributed by atoms with van der Waals surface area (Å²) in [4.78, 5) is 25.9. The molecule has 0 aliphatic heterocycles. The fraction of sp³-hybridized carbons (Fsp3) is 0.353. The molecule has 1 aromatic heterocycles. The molecule has 0 fully saturated rings. The minimum absolute atomic E-state index is 0.117. The zero-order valence-electron chi connectivity index (χ0n) is 13.6. The van der Waals surface area contributed by atoms with Crippen molar-refractivity contribution in [1.82, 2.24) is 4.98 Å². The van der Waals surface area contributed by atoms with Crippen molar-refractivity contribution in [2.24, 2.45) is 5.92 Å². The number of nitrogens with one attached hydrogen (secondary N) is 1. The minimum atomic E-state index is -0.991. The van der Waals surface area contributed by atoms with Crippen LogP contribution in [0.3, 0.4) is 0 Å². The molecule has 1 aromatic carbocycles. The van der Waals surface area contributed by atoms with E-state index in [0.717, 1.165) is 24.1 Å². The minimum Gasteiger partial charge on any atom is -0.482 e. The van der Waals surface area contributed by atoms with Crippen molar-refractivity contribution in [2.75, 3.05) is 11.9 Å². The molecule has 2 aromatic rings. The lowest BCUT2D eigenvalue weighted by molar-refractivity contribution is -0.139. The summed E-state index contributed by atoms with van der Waals surface area (Å²) in [5.41, 5.74) is 2.13. The molecule has 1 atom stereocenters. The Labute approximate surface area is 144 Å². The van der Waals surface area contributed by atoms with Crippen LogP contribution in [0.25, 0.3) is 0 Å². The molecule has 2 N–H and O–H groups in total. The third-order valence-corrected chi connectivity index (χ3v) is 4.07. The number of amides is 1.